The van der Waals surface area contributed by atoms with Crippen molar-refractivity contribution in [1.82, 2.24) is 4.98 Å². The van der Waals surface area contributed by atoms with Crippen LogP contribution in [0.2, 0.25) is 0 Å². The number of hydrogen-bond donors (Lipinski definition) is 2. The fourth-order valence-corrected chi connectivity index (χ4v) is 1.15. The van der Waals surface area contributed by atoms with Crippen LogP contribution < -0.4 is 10.1 Å². The van der Waals surface area contributed by atoms with E-state index in [1.54, 1.807) is 6.92 Å². The van der Waals surface area contributed by atoms with Gasteiger partial charge in [0.15, 0.2) is 0 Å². The average molecular weight is 224 g/mol. The summed E-state index contributed by atoms with van der Waals surface area (Å²) in [5.74, 6) is 1.32. The third-order valence-corrected chi connectivity index (χ3v) is 2.43. The lowest BCUT2D eigenvalue weighted by atomic mass is 10.0. The number of pyridine rings is 1. The molecule has 90 valence electrons. The molecular formula is C12H20N2O2. The van der Waals surface area contributed by atoms with Gasteiger partial charge in [-0.05, 0) is 26.3 Å². The van der Waals surface area contributed by atoms with Crippen molar-refractivity contribution in [2.75, 3.05) is 18.5 Å². The zero-order valence-corrected chi connectivity index (χ0v) is 10.2. The Morgan fingerprint density at radius 2 is 2.19 bits per heavy atom. The Hall–Kier alpha value is -1.29. The van der Waals surface area contributed by atoms with Gasteiger partial charge in [-0.3, -0.25) is 0 Å². The first-order chi connectivity index (χ1) is 7.57. The Kier molecular flexibility index (Phi) is 4.55. The summed E-state index contributed by atoms with van der Waals surface area (Å²) in [5, 5.41) is 12.9. The van der Waals surface area contributed by atoms with E-state index in [0.717, 1.165) is 5.82 Å². The van der Waals surface area contributed by atoms with E-state index in [-0.39, 0.29) is 0 Å². The molecule has 1 heterocycles. The summed E-state index contributed by atoms with van der Waals surface area (Å²) >= 11 is 0. The molecule has 0 amide bonds. The first-order valence-corrected chi connectivity index (χ1v) is 5.63. The maximum Gasteiger partial charge on any atom is 0.215 e. The Morgan fingerprint density at radius 1 is 1.44 bits per heavy atom. The van der Waals surface area contributed by atoms with E-state index in [2.05, 4.69) is 10.3 Å². The van der Waals surface area contributed by atoms with Crippen molar-refractivity contribution in [3.63, 3.8) is 0 Å². The van der Waals surface area contributed by atoms with Crippen molar-refractivity contribution in [1.29, 1.82) is 0 Å². The molecule has 1 unspecified atom stereocenters. The second-order valence-electron chi connectivity index (χ2n) is 4.00. The lowest BCUT2D eigenvalue weighted by Gasteiger charge is -2.21. The number of aromatic nitrogens is 1. The highest BCUT2D eigenvalue weighted by atomic mass is 16.5. The van der Waals surface area contributed by atoms with Gasteiger partial charge >= 0.3 is 0 Å². The molecule has 0 aliphatic carbocycles. The largest absolute Gasteiger partial charge is 0.478 e. The van der Waals surface area contributed by atoms with Crippen molar-refractivity contribution < 1.29 is 9.84 Å². The summed E-state index contributed by atoms with van der Waals surface area (Å²) < 4.78 is 5.29. The molecule has 1 rings (SSSR count). The summed E-state index contributed by atoms with van der Waals surface area (Å²) in [6, 6.07) is 5.54. The topological polar surface area (TPSA) is 54.4 Å². The number of anilines is 1. The smallest absolute Gasteiger partial charge is 0.215 e. The molecule has 2 N–H and O–H groups in total. The molecule has 0 saturated heterocycles. The molecule has 16 heavy (non-hydrogen) atoms. The van der Waals surface area contributed by atoms with Gasteiger partial charge in [-0.2, -0.15) is 4.98 Å². The van der Waals surface area contributed by atoms with E-state index in [1.807, 2.05) is 32.0 Å². The Balaban J connectivity index is 2.57. The normalized spacial score (nSPS) is 14.2. The quantitative estimate of drug-likeness (QED) is 0.776. The van der Waals surface area contributed by atoms with Crippen LogP contribution in [0, 0.1) is 0 Å². The molecule has 0 aliphatic heterocycles. The number of ether oxygens (including phenoxy) is 1. The number of nitrogens with zero attached hydrogens (tertiary/aromatic N) is 1. The van der Waals surface area contributed by atoms with E-state index in [0.29, 0.717) is 25.5 Å². The highest BCUT2D eigenvalue weighted by molar-refractivity contribution is 5.37. The third-order valence-electron chi connectivity index (χ3n) is 2.43. The predicted molar refractivity (Wildman–Crippen MR) is 64.8 cm³/mol. The van der Waals surface area contributed by atoms with E-state index in [4.69, 9.17) is 4.74 Å². The van der Waals surface area contributed by atoms with Crippen LogP contribution >= 0.6 is 0 Å². The Labute approximate surface area is 96.7 Å². The highest BCUT2D eigenvalue weighted by Crippen LogP contribution is 2.14. The number of hydrogen-bond acceptors (Lipinski definition) is 4. The van der Waals surface area contributed by atoms with Crippen LogP contribution in [-0.2, 0) is 0 Å². The fraction of sp³-hybridized carbons (Fsp3) is 0.583. The van der Waals surface area contributed by atoms with Crippen LogP contribution in [0.4, 0.5) is 5.82 Å². The van der Waals surface area contributed by atoms with Gasteiger partial charge in [0.1, 0.15) is 5.82 Å². The van der Waals surface area contributed by atoms with E-state index in [9.17, 15) is 5.11 Å². The van der Waals surface area contributed by atoms with Crippen LogP contribution in [0.5, 0.6) is 5.88 Å². The fourth-order valence-electron chi connectivity index (χ4n) is 1.15. The van der Waals surface area contributed by atoms with Crippen LogP contribution in [0.25, 0.3) is 0 Å². The SMILES string of the molecule is CCOc1cccc(NCC(C)(O)CC)n1. The van der Waals surface area contributed by atoms with Crippen LogP contribution in [0.1, 0.15) is 27.2 Å². The lowest BCUT2D eigenvalue weighted by molar-refractivity contribution is 0.0696. The molecule has 0 saturated carbocycles. The van der Waals surface area contributed by atoms with Crippen LogP contribution in [-0.4, -0.2) is 28.8 Å². The molecule has 4 heteroatoms. The first kappa shape index (κ1) is 12.8. The van der Waals surface area contributed by atoms with Crippen LogP contribution in [0.15, 0.2) is 18.2 Å². The minimum absolute atomic E-state index is 0.478. The maximum absolute atomic E-state index is 9.84. The van der Waals surface area contributed by atoms with E-state index >= 15 is 0 Å². The average Bonchev–Trinajstić information content (AvgIpc) is 2.28. The van der Waals surface area contributed by atoms with Crippen molar-refractivity contribution >= 4 is 5.82 Å². The lowest BCUT2D eigenvalue weighted by Crippen LogP contribution is -2.32. The van der Waals surface area contributed by atoms with Crippen LogP contribution in [0.3, 0.4) is 0 Å². The van der Waals surface area contributed by atoms with Gasteiger partial charge in [-0.1, -0.05) is 13.0 Å². The predicted octanol–water partition coefficient (Wildman–Crippen LogP) is 2.05. The van der Waals surface area contributed by atoms with Gasteiger partial charge in [0.25, 0.3) is 0 Å². The van der Waals surface area contributed by atoms with Gasteiger partial charge in [-0.25, -0.2) is 0 Å². The molecule has 0 aliphatic rings. The summed E-state index contributed by atoms with van der Waals surface area (Å²) in [6.07, 6.45) is 0.700. The van der Waals surface area contributed by atoms with E-state index in [1.165, 1.54) is 0 Å². The van der Waals surface area contributed by atoms with Gasteiger partial charge in [0.05, 0.1) is 12.2 Å². The van der Waals surface area contributed by atoms with Crippen molar-refractivity contribution in [3.05, 3.63) is 18.2 Å². The molecule has 1 aromatic heterocycles. The Bertz CT molecular complexity index is 327. The third kappa shape index (κ3) is 4.06. The molecule has 1 aromatic rings. The molecular weight excluding hydrogens is 204 g/mol. The number of nitrogens with one attached hydrogen (secondary N) is 1. The zero-order chi connectivity index (χ0) is 12.0. The minimum Gasteiger partial charge on any atom is -0.478 e. The van der Waals surface area contributed by atoms with E-state index < -0.39 is 5.60 Å². The molecule has 0 radical (unpaired) electrons. The standard InChI is InChI=1S/C12H20N2O2/c1-4-12(3,15)9-13-10-7-6-8-11(14-10)16-5-2/h6-8,15H,4-5,9H2,1-3H3,(H,13,14). The Morgan fingerprint density at radius 3 is 2.81 bits per heavy atom. The first-order valence-electron chi connectivity index (χ1n) is 5.63. The number of rotatable bonds is 6. The second kappa shape index (κ2) is 5.70. The minimum atomic E-state index is -0.705. The summed E-state index contributed by atoms with van der Waals surface area (Å²) in [4.78, 5) is 4.26. The summed E-state index contributed by atoms with van der Waals surface area (Å²) in [7, 11) is 0. The molecule has 0 bridgehead atoms. The molecule has 0 spiro atoms. The maximum atomic E-state index is 9.84. The zero-order valence-electron chi connectivity index (χ0n) is 10.2. The molecule has 4 nitrogen and oxygen atoms in total. The molecule has 1 atom stereocenters. The van der Waals surface area contributed by atoms with Gasteiger partial charge in [0, 0.05) is 12.6 Å². The molecule has 0 aromatic carbocycles. The number of aliphatic hydroxyl groups is 1. The summed E-state index contributed by atoms with van der Waals surface area (Å²) in [5.41, 5.74) is -0.705. The second-order valence-corrected chi connectivity index (χ2v) is 4.00. The van der Waals surface area contributed by atoms with Crippen molar-refractivity contribution in [2.24, 2.45) is 0 Å². The summed E-state index contributed by atoms with van der Waals surface area (Å²) in [6.45, 7) is 6.75. The monoisotopic (exact) mass is 224 g/mol. The van der Waals surface area contributed by atoms with Crippen molar-refractivity contribution in [2.45, 2.75) is 32.8 Å². The van der Waals surface area contributed by atoms with Crippen molar-refractivity contribution in [3.8, 4) is 5.88 Å². The molecule has 0 fully saturated rings. The highest BCUT2D eigenvalue weighted by Gasteiger charge is 2.16. The van der Waals surface area contributed by atoms with Gasteiger partial charge < -0.3 is 15.2 Å². The van der Waals surface area contributed by atoms with Gasteiger partial charge in [0.2, 0.25) is 5.88 Å². The van der Waals surface area contributed by atoms with Gasteiger partial charge in [-0.15, -0.1) is 0 Å².